The average molecular weight is 468 g/mol. The second-order valence-electron chi connectivity index (χ2n) is 11.0. The molecule has 1 heterocycles. The van der Waals surface area contributed by atoms with Gasteiger partial charge in [0.15, 0.2) is 5.78 Å². The summed E-state index contributed by atoms with van der Waals surface area (Å²) in [7, 11) is 0. The van der Waals surface area contributed by atoms with Crippen molar-refractivity contribution in [1.29, 1.82) is 0 Å². The Morgan fingerprint density at radius 2 is 1.82 bits per heavy atom. The standard InChI is InChI=1S/C28H37NO5/c1-16-9-8-12-20-25(32)18(3)17(2)24-21(13-19-10-6-5-7-11-19)29-26(33)28(20,24)23(31)14-22(30)27(4,34)15-16/h5-8,10-12,16-17,20-22,24-25,30,32,34H,3,9,13-15H2,1-2,4H3,(H,29,33). The zero-order valence-electron chi connectivity index (χ0n) is 20.3. The van der Waals surface area contributed by atoms with Crippen LogP contribution in [0.4, 0.5) is 0 Å². The Balaban J connectivity index is 1.84. The van der Waals surface area contributed by atoms with Crippen LogP contribution < -0.4 is 5.32 Å². The van der Waals surface area contributed by atoms with Gasteiger partial charge >= 0.3 is 0 Å². The molecule has 1 aromatic carbocycles. The van der Waals surface area contributed by atoms with Crippen molar-refractivity contribution in [1.82, 2.24) is 5.32 Å². The number of aliphatic hydroxyl groups is 3. The molecule has 1 spiro atoms. The predicted octanol–water partition coefficient (Wildman–Crippen LogP) is 2.57. The van der Waals surface area contributed by atoms with Gasteiger partial charge in [-0.25, -0.2) is 0 Å². The van der Waals surface area contributed by atoms with Crippen molar-refractivity contribution in [3.8, 4) is 0 Å². The van der Waals surface area contributed by atoms with Crippen LogP contribution in [0.2, 0.25) is 0 Å². The van der Waals surface area contributed by atoms with Gasteiger partial charge in [0.1, 0.15) is 5.41 Å². The van der Waals surface area contributed by atoms with E-state index >= 15 is 0 Å². The summed E-state index contributed by atoms with van der Waals surface area (Å²) >= 11 is 0. The molecule has 1 aromatic rings. The fourth-order valence-electron chi connectivity index (χ4n) is 6.69. The van der Waals surface area contributed by atoms with Gasteiger partial charge in [-0.15, -0.1) is 0 Å². The normalized spacial score (nSPS) is 43.0. The Bertz CT molecular complexity index is 986. The number of hydrogen-bond donors (Lipinski definition) is 4. The van der Waals surface area contributed by atoms with Crippen molar-refractivity contribution >= 4 is 11.7 Å². The second-order valence-corrected chi connectivity index (χ2v) is 11.0. The first-order chi connectivity index (χ1) is 16.0. The van der Waals surface area contributed by atoms with Crippen LogP contribution in [-0.4, -0.2) is 50.9 Å². The molecular formula is C28H37NO5. The summed E-state index contributed by atoms with van der Waals surface area (Å²) in [5.74, 6) is -2.30. The second kappa shape index (κ2) is 9.06. The van der Waals surface area contributed by atoms with Crippen LogP contribution in [0.15, 0.2) is 54.6 Å². The fourth-order valence-corrected chi connectivity index (χ4v) is 6.69. The lowest BCUT2D eigenvalue weighted by atomic mass is 9.51. The molecule has 1 saturated carbocycles. The number of carbonyl (C=O) groups is 2. The first-order valence-corrected chi connectivity index (χ1v) is 12.3. The first kappa shape index (κ1) is 24.8. The van der Waals surface area contributed by atoms with Crippen LogP contribution in [0.1, 0.15) is 45.6 Å². The summed E-state index contributed by atoms with van der Waals surface area (Å²) < 4.78 is 0. The number of amides is 1. The molecule has 6 heteroatoms. The van der Waals surface area contributed by atoms with Crippen molar-refractivity contribution in [2.45, 2.75) is 70.3 Å². The van der Waals surface area contributed by atoms with Gasteiger partial charge in [-0.05, 0) is 49.2 Å². The number of ketones is 1. The highest BCUT2D eigenvalue weighted by Crippen LogP contribution is 2.57. The molecule has 0 bridgehead atoms. The lowest BCUT2D eigenvalue weighted by molar-refractivity contribution is -0.156. The quantitative estimate of drug-likeness (QED) is 0.395. The maximum atomic E-state index is 14.1. The minimum absolute atomic E-state index is 0.0481. The third-order valence-corrected chi connectivity index (χ3v) is 8.52. The van der Waals surface area contributed by atoms with Gasteiger partial charge < -0.3 is 20.6 Å². The maximum Gasteiger partial charge on any atom is 0.235 e. The number of benzene rings is 1. The SMILES string of the molecule is C=C1C(C)C2C(Cc3ccccc3)NC(=O)C23C(=O)CC(O)C(C)(O)CC(C)CC=CC3C1O. The highest BCUT2D eigenvalue weighted by atomic mass is 16.3. The molecule has 2 fully saturated rings. The zero-order valence-corrected chi connectivity index (χ0v) is 20.3. The van der Waals surface area contributed by atoms with Crippen molar-refractivity contribution in [2.24, 2.45) is 29.1 Å². The van der Waals surface area contributed by atoms with Gasteiger partial charge in [0.2, 0.25) is 5.91 Å². The molecule has 0 radical (unpaired) electrons. The Hall–Kier alpha value is -2.28. The zero-order chi connectivity index (χ0) is 24.8. The van der Waals surface area contributed by atoms with E-state index in [9.17, 15) is 24.9 Å². The third kappa shape index (κ3) is 3.96. The van der Waals surface area contributed by atoms with E-state index < -0.39 is 46.8 Å². The molecule has 184 valence electrons. The largest absolute Gasteiger partial charge is 0.390 e. The number of rotatable bonds is 2. The summed E-state index contributed by atoms with van der Waals surface area (Å²) in [5.41, 5.74) is -1.34. The molecule has 34 heavy (non-hydrogen) atoms. The molecule has 9 unspecified atom stereocenters. The van der Waals surface area contributed by atoms with Crippen LogP contribution in [0.5, 0.6) is 0 Å². The Morgan fingerprint density at radius 3 is 2.50 bits per heavy atom. The van der Waals surface area contributed by atoms with Crippen molar-refractivity contribution in [3.63, 3.8) is 0 Å². The number of Topliss-reactive ketones (excluding diaryl/α,β-unsaturated/α-hetero) is 1. The number of carbonyl (C=O) groups excluding carboxylic acids is 2. The molecule has 4 N–H and O–H groups in total. The van der Waals surface area contributed by atoms with Crippen LogP contribution in [0, 0.1) is 29.1 Å². The molecule has 9 atom stereocenters. The third-order valence-electron chi connectivity index (χ3n) is 8.52. The summed E-state index contributed by atoms with van der Waals surface area (Å²) in [4.78, 5) is 27.9. The average Bonchev–Trinajstić information content (AvgIpc) is 3.06. The van der Waals surface area contributed by atoms with Gasteiger partial charge in [0, 0.05) is 24.3 Å². The van der Waals surface area contributed by atoms with Crippen LogP contribution in [-0.2, 0) is 16.0 Å². The summed E-state index contributed by atoms with van der Waals surface area (Å²) in [6, 6.07) is 9.48. The Kier molecular flexibility index (Phi) is 6.62. The van der Waals surface area contributed by atoms with E-state index in [1.807, 2.05) is 50.3 Å². The van der Waals surface area contributed by atoms with Gasteiger partial charge in [0.05, 0.1) is 17.8 Å². The van der Waals surface area contributed by atoms with Gasteiger partial charge in [-0.2, -0.15) is 0 Å². The topological polar surface area (TPSA) is 107 Å². The number of aliphatic hydroxyl groups excluding tert-OH is 2. The minimum Gasteiger partial charge on any atom is -0.390 e. The molecule has 1 aliphatic heterocycles. The van der Waals surface area contributed by atoms with E-state index in [0.29, 0.717) is 24.8 Å². The van der Waals surface area contributed by atoms with E-state index in [1.54, 1.807) is 13.0 Å². The number of nitrogens with one attached hydrogen (secondary N) is 1. The summed E-state index contributed by atoms with van der Waals surface area (Å²) in [6.45, 7) is 9.60. The molecule has 2 aliphatic carbocycles. The van der Waals surface area contributed by atoms with Crippen molar-refractivity contribution in [3.05, 3.63) is 60.2 Å². The van der Waals surface area contributed by atoms with Gasteiger partial charge in [-0.3, -0.25) is 9.59 Å². The number of allylic oxidation sites excluding steroid dienone is 1. The Morgan fingerprint density at radius 1 is 1.15 bits per heavy atom. The molecule has 0 aromatic heterocycles. The summed E-state index contributed by atoms with van der Waals surface area (Å²) in [5, 5.41) is 36.2. The predicted molar refractivity (Wildman–Crippen MR) is 130 cm³/mol. The van der Waals surface area contributed by atoms with E-state index in [0.717, 1.165) is 5.56 Å². The van der Waals surface area contributed by atoms with E-state index in [4.69, 9.17) is 0 Å². The molecular weight excluding hydrogens is 430 g/mol. The van der Waals surface area contributed by atoms with Crippen LogP contribution >= 0.6 is 0 Å². The van der Waals surface area contributed by atoms with Crippen molar-refractivity contribution in [2.75, 3.05) is 0 Å². The highest BCUT2D eigenvalue weighted by molar-refractivity contribution is 6.09. The number of hydrogen-bond acceptors (Lipinski definition) is 5. The van der Waals surface area contributed by atoms with E-state index in [2.05, 4.69) is 11.9 Å². The first-order valence-electron chi connectivity index (χ1n) is 12.3. The Labute approximate surface area is 201 Å². The fraction of sp³-hybridized carbons (Fsp3) is 0.571. The van der Waals surface area contributed by atoms with E-state index in [1.165, 1.54) is 0 Å². The molecule has 3 aliphatic rings. The van der Waals surface area contributed by atoms with Gasteiger partial charge in [0.25, 0.3) is 0 Å². The van der Waals surface area contributed by atoms with Gasteiger partial charge in [-0.1, -0.05) is 62.9 Å². The minimum atomic E-state index is -1.54. The van der Waals surface area contributed by atoms with Crippen molar-refractivity contribution < 1.29 is 24.9 Å². The summed E-state index contributed by atoms with van der Waals surface area (Å²) in [6.07, 6.45) is 2.46. The smallest absolute Gasteiger partial charge is 0.235 e. The molecule has 1 amide bonds. The highest BCUT2D eigenvalue weighted by Gasteiger charge is 2.68. The molecule has 6 nitrogen and oxygen atoms in total. The molecule has 1 saturated heterocycles. The lowest BCUT2D eigenvalue weighted by Crippen LogP contribution is -2.59. The van der Waals surface area contributed by atoms with Crippen LogP contribution in [0.3, 0.4) is 0 Å². The monoisotopic (exact) mass is 467 g/mol. The van der Waals surface area contributed by atoms with E-state index in [-0.39, 0.29) is 24.3 Å². The molecule has 4 rings (SSSR count). The van der Waals surface area contributed by atoms with Crippen LogP contribution in [0.25, 0.3) is 0 Å². The lowest BCUT2D eigenvalue weighted by Gasteiger charge is -2.49. The maximum absolute atomic E-state index is 14.1.